The fourth-order valence-electron chi connectivity index (χ4n) is 3.89. The SMILES string of the molecule is O=C(Nc1cc(Oc2ccc(NC(=O)C3(C(=O)Nc4ccc(F)cc4)CC3)c(F)c2F)ccn1)N1CC(O)C1. The molecular formula is C26H22F3N5O5. The predicted octanol–water partition coefficient (Wildman–Crippen LogP) is 3.86. The predicted molar refractivity (Wildman–Crippen MR) is 133 cm³/mol. The van der Waals surface area contributed by atoms with Gasteiger partial charge in [0, 0.05) is 18.0 Å². The van der Waals surface area contributed by atoms with Crippen LogP contribution in [0.4, 0.5) is 35.2 Å². The van der Waals surface area contributed by atoms with Gasteiger partial charge in [-0.15, -0.1) is 0 Å². The van der Waals surface area contributed by atoms with Gasteiger partial charge in [0.2, 0.25) is 17.6 Å². The molecule has 1 aliphatic heterocycles. The van der Waals surface area contributed by atoms with Gasteiger partial charge in [-0.2, -0.15) is 4.39 Å². The molecule has 39 heavy (non-hydrogen) atoms. The Hall–Kier alpha value is -4.65. The Morgan fingerprint density at radius 3 is 2.28 bits per heavy atom. The summed E-state index contributed by atoms with van der Waals surface area (Å²) in [5, 5.41) is 16.6. The second-order valence-electron chi connectivity index (χ2n) is 9.20. The van der Waals surface area contributed by atoms with Gasteiger partial charge in [0.05, 0.1) is 24.9 Å². The van der Waals surface area contributed by atoms with Gasteiger partial charge in [-0.05, 0) is 55.3 Å². The summed E-state index contributed by atoms with van der Waals surface area (Å²) >= 11 is 0. The van der Waals surface area contributed by atoms with E-state index in [4.69, 9.17) is 4.74 Å². The Labute approximate surface area is 219 Å². The second kappa shape index (κ2) is 10.3. The summed E-state index contributed by atoms with van der Waals surface area (Å²) in [4.78, 5) is 43.0. The molecular weight excluding hydrogens is 519 g/mol. The molecule has 2 aromatic carbocycles. The maximum Gasteiger partial charge on any atom is 0.323 e. The first-order chi connectivity index (χ1) is 18.6. The van der Waals surface area contributed by atoms with Crippen molar-refractivity contribution in [1.82, 2.24) is 9.88 Å². The number of anilines is 3. The third kappa shape index (κ3) is 5.48. The van der Waals surface area contributed by atoms with Crippen molar-refractivity contribution in [3.63, 3.8) is 0 Å². The molecule has 5 rings (SSSR count). The largest absolute Gasteiger partial charge is 0.454 e. The maximum absolute atomic E-state index is 14.8. The number of likely N-dealkylation sites (tertiary alicyclic amines) is 1. The van der Waals surface area contributed by atoms with Crippen LogP contribution in [0, 0.1) is 22.9 Å². The van der Waals surface area contributed by atoms with Crippen molar-refractivity contribution in [3.05, 3.63) is 72.2 Å². The van der Waals surface area contributed by atoms with Crippen molar-refractivity contribution < 1.29 is 37.4 Å². The fourth-order valence-corrected chi connectivity index (χ4v) is 3.89. The molecule has 0 radical (unpaired) electrons. The van der Waals surface area contributed by atoms with E-state index in [-0.39, 0.29) is 43.2 Å². The normalized spacial score (nSPS) is 15.6. The van der Waals surface area contributed by atoms with Crippen LogP contribution in [0.3, 0.4) is 0 Å². The van der Waals surface area contributed by atoms with Crippen LogP contribution in [0.15, 0.2) is 54.7 Å². The molecule has 1 saturated carbocycles. The Kier molecular flexibility index (Phi) is 6.83. The number of pyridine rings is 1. The fraction of sp³-hybridized carbons (Fsp3) is 0.231. The lowest BCUT2D eigenvalue weighted by Crippen LogP contribution is -2.54. The number of carbonyl (C=O) groups excluding carboxylic acids is 3. The number of rotatable bonds is 7. The average molecular weight is 541 g/mol. The number of benzene rings is 2. The second-order valence-corrected chi connectivity index (χ2v) is 9.20. The lowest BCUT2D eigenvalue weighted by molar-refractivity contribution is -0.131. The van der Waals surface area contributed by atoms with Gasteiger partial charge in [0.25, 0.3) is 0 Å². The number of hydrogen-bond acceptors (Lipinski definition) is 6. The summed E-state index contributed by atoms with van der Waals surface area (Å²) < 4.78 is 48.2. The molecule has 4 amide bonds. The van der Waals surface area contributed by atoms with Gasteiger partial charge in [0.1, 0.15) is 22.8 Å². The van der Waals surface area contributed by atoms with Gasteiger partial charge >= 0.3 is 6.03 Å². The average Bonchev–Trinajstić information content (AvgIpc) is 3.70. The van der Waals surface area contributed by atoms with Gasteiger partial charge in [-0.1, -0.05) is 0 Å². The summed E-state index contributed by atoms with van der Waals surface area (Å²) in [6, 6.07) is 9.37. The zero-order valence-electron chi connectivity index (χ0n) is 20.2. The summed E-state index contributed by atoms with van der Waals surface area (Å²) in [5.74, 6) is -5.06. The van der Waals surface area contributed by atoms with E-state index in [2.05, 4.69) is 20.9 Å². The molecule has 1 aliphatic carbocycles. The van der Waals surface area contributed by atoms with Crippen LogP contribution in [0.2, 0.25) is 0 Å². The van der Waals surface area contributed by atoms with Crippen LogP contribution in [-0.4, -0.2) is 52.0 Å². The summed E-state index contributed by atoms with van der Waals surface area (Å²) in [6.45, 7) is 0.380. The molecule has 0 unspecified atom stereocenters. The first-order valence-electron chi connectivity index (χ1n) is 11.9. The van der Waals surface area contributed by atoms with E-state index in [0.29, 0.717) is 0 Å². The zero-order valence-corrected chi connectivity index (χ0v) is 20.2. The molecule has 4 N–H and O–H groups in total. The number of carbonyl (C=O) groups is 3. The lowest BCUT2D eigenvalue weighted by Gasteiger charge is -2.35. The third-order valence-electron chi connectivity index (χ3n) is 6.36. The first kappa shape index (κ1) is 26.0. The van der Waals surface area contributed by atoms with Crippen molar-refractivity contribution in [2.24, 2.45) is 5.41 Å². The molecule has 0 atom stereocenters. The van der Waals surface area contributed by atoms with Crippen molar-refractivity contribution >= 4 is 35.0 Å². The number of amides is 4. The Morgan fingerprint density at radius 2 is 1.62 bits per heavy atom. The molecule has 2 aliphatic rings. The minimum atomic E-state index is -1.46. The standard InChI is InChI=1S/C26H22F3N5O5/c27-14-1-3-15(4-2-14)31-23(36)26(8-9-26)24(37)32-18-5-6-19(22(29)21(18)28)39-17-7-10-30-20(11-17)33-25(38)34-12-16(35)13-34/h1-7,10-11,16,35H,8-9,12-13H2,(H,31,36)(H,32,37)(H,30,33,38). The Bertz CT molecular complexity index is 1440. The van der Waals surface area contributed by atoms with Crippen LogP contribution in [0.5, 0.6) is 11.5 Å². The van der Waals surface area contributed by atoms with E-state index in [1.807, 2.05) is 0 Å². The van der Waals surface area contributed by atoms with E-state index in [1.165, 1.54) is 35.4 Å². The minimum Gasteiger partial charge on any atom is -0.454 e. The van der Waals surface area contributed by atoms with Crippen LogP contribution in [0.25, 0.3) is 0 Å². The number of hydrogen-bond donors (Lipinski definition) is 4. The highest BCUT2D eigenvalue weighted by atomic mass is 19.2. The Morgan fingerprint density at radius 1 is 0.923 bits per heavy atom. The number of nitrogens with one attached hydrogen (secondary N) is 3. The number of aromatic nitrogens is 1. The van der Waals surface area contributed by atoms with Gasteiger partial charge in [-0.25, -0.2) is 18.6 Å². The first-order valence-corrected chi connectivity index (χ1v) is 11.9. The quantitative estimate of drug-likeness (QED) is 0.336. The Balaban J connectivity index is 1.23. The van der Waals surface area contributed by atoms with Crippen molar-refractivity contribution in [2.75, 3.05) is 29.0 Å². The highest BCUT2D eigenvalue weighted by molar-refractivity contribution is 6.16. The summed E-state index contributed by atoms with van der Waals surface area (Å²) in [6.07, 6.45) is 1.13. The smallest absolute Gasteiger partial charge is 0.323 e. The lowest BCUT2D eigenvalue weighted by atomic mass is 10.0. The minimum absolute atomic E-state index is 0.0495. The van der Waals surface area contributed by atoms with E-state index in [1.54, 1.807) is 0 Å². The molecule has 202 valence electrons. The van der Waals surface area contributed by atoms with Crippen molar-refractivity contribution in [3.8, 4) is 11.5 Å². The molecule has 1 saturated heterocycles. The third-order valence-corrected chi connectivity index (χ3v) is 6.36. The summed E-state index contributed by atoms with van der Waals surface area (Å²) in [5.41, 5.74) is -1.65. The van der Waals surface area contributed by atoms with Crippen LogP contribution >= 0.6 is 0 Å². The zero-order chi connectivity index (χ0) is 27.7. The number of nitrogens with zero attached hydrogens (tertiary/aromatic N) is 2. The maximum atomic E-state index is 14.8. The number of aliphatic hydroxyl groups is 1. The monoisotopic (exact) mass is 541 g/mol. The number of aliphatic hydroxyl groups excluding tert-OH is 1. The van der Waals surface area contributed by atoms with Crippen molar-refractivity contribution in [2.45, 2.75) is 18.9 Å². The number of urea groups is 1. The van der Waals surface area contributed by atoms with Crippen LogP contribution in [-0.2, 0) is 9.59 Å². The van der Waals surface area contributed by atoms with E-state index in [9.17, 15) is 32.7 Å². The number of ether oxygens (including phenoxy) is 1. The van der Waals surface area contributed by atoms with E-state index in [0.717, 1.165) is 24.3 Å². The molecule has 1 aromatic heterocycles. The molecule has 3 aromatic rings. The summed E-state index contributed by atoms with van der Waals surface area (Å²) in [7, 11) is 0. The molecule has 2 fully saturated rings. The number of β-amino-alcohol motifs (C(OH)–C–C–N with tert-alkyl or cyclic N) is 1. The van der Waals surface area contributed by atoms with Crippen LogP contribution in [0.1, 0.15) is 12.8 Å². The molecule has 0 bridgehead atoms. The highest BCUT2D eigenvalue weighted by Gasteiger charge is 2.56. The van der Waals surface area contributed by atoms with Gasteiger partial charge in [0.15, 0.2) is 11.6 Å². The molecule has 10 nitrogen and oxygen atoms in total. The van der Waals surface area contributed by atoms with Crippen LogP contribution < -0.4 is 20.7 Å². The van der Waals surface area contributed by atoms with Gasteiger partial charge in [-0.3, -0.25) is 14.9 Å². The molecule has 2 heterocycles. The molecule has 13 heteroatoms. The topological polar surface area (TPSA) is 133 Å². The van der Waals surface area contributed by atoms with E-state index < -0.39 is 58.3 Å². The van der Waals surface area contributed by atoms with E-state index >= 15 is 0 Å². The van der Waals surface area contributed by atoms with Gasteiger partial charge < -0.3 is 25.4 Å². The number of halogens is 3. The highest BCUT2D eigenvalue weighted by Crippen LogP contribution is 2.48. The molecule has 0 spiro atoms. The van der Waals surface area contributed by atoms with Crippen molar-refractivity contribution in [1.29, 1.82) is 0 Å².